The maximum Gasteiger partial charge on any atom is 0.233 e. The highest BCUT2D eigenvalue weighted by Crippen LogP contribution is 2.50. The van der Waals surface area contributed by atoms with Gasteiger partial charge in [-0.25, -0.2) is 0 Å². The molecule has 190 valence electrons. The number of phenols is 1. The summed E-state index contributed by atoms with van der Waals surface area (Å²) in [6.45, 7) is 4.88. The smallest absolute Gasteiger partial charge is 0.233 e. The van der Waals surface area contributed by atoms with Crippen molar-refractivity contribution in [1.29, 1.82) is 0 Å². The van der Waals surface area contributed by atoms with Gasteiger partial charge in [-0.05, 0) is 78.0 Å². The number of allylic oxidation sites excluding steroid dienone is 2. The topological polar surface area (TPSA) is 76.1 Å². The van der Waals surface area contributed by atoms with E-state index in [0.29, 0.717) is 18.8 Å². The predicted molar refractivity (Wildman–Crippen MR) is 144 cm³/mol. The van der Waals surface area contributed by atoms with E-state index in [1.165, 1.54) is 21.6 Å². The van der Waals surface area contributed by atoms with Crippen molar-refractivity contribution in [3.63, 3.8) is 0 Å². The molecule has 0 unspecified atom stereocenters. The molecule has 0 saturated carbocycles. The first-order valence-corrected chi connectivity index (χ1v) is 13.8. The maximum absolute atomic E-state index is 12.9. The molecule has 0 spiro atoms. The van der Waals surface area contributed by atoms with Crippen molar-refractivity contribution in [2.45, 2.75) is 64.9 Å². The molecule has 35 heavy (non-hydrogen) atoms. The maximum atomic E-state index is 12.9. The lowest BCUT2D eigenvalue weighted by molar-refractivity contribution is -0.138. The number of fused-ring (bicyclic) bond motifs is 3. The summed E-state index contributed by atoms with van der Waals surface area (Å²) in [5.41, 5.74) is 5.00. The van der Waals surface area contributed by atoms with Crippen LogP contribution in [-0.2, 0) is 14.3 Å². The number of ether oxygens (including phenoxy) is 2. The molecular weight excluding hydrogens is 557 g/mol. The van der Waals surface area contributed by atoms with E-state index in [1.54, 1.807) is 14.2 Å². The van der Waals surface area contributed by atoms with E-state index in [0.717, 1.165) is 47.7 Å². The fourth-order valence-corrected chi connectivity index (χ4v) is 6.77. The molecule has 2 aliphatic heterocycles. The van der Waals surface area contributed by atoms with Crippen molar-refractivity contribution in [2.24, 2.45) is 17.8 Å². The van der Waals surface area contributed by atoms with Crippen LogP contribution in [0.5, 0.6) is 11.5 Å². The standard InChI is InChI=1S/C28H36INO5/c1-5-7-16(11-17-12-21(29)26(31)23(13-17)34-4)9-10-22-24-18(8-6-2)14-19-25(20(24)15-35-22)28(33)30(3)27(19)32/h11-13,19-20,22,25,31H,5-10,14-15H2,1-4H3/b16-11+/t19-,20+,22-,25-/m1/s1. The molecule has 0 bridgehead atoms. The SMILES string of the molecule is CCCC1=C2[C@@H](CC/C(=C/c3cc(I)c(O)c(OC)c3)CCC)OC[C@@H]2[C@@H]2C(=O)N(C)C(=O)[C@@H]2C1. The van der Waals surface area contributed by atoms with E-state index in [1.807, 2.05) is 12.1 Å². The minimum absolute atomic E-state index is 0.00561. The highest BCUT2D eigenvalue weighted by atomic mass is 127. The molecule has 2 heterocycles. The summed E-state index contributed by atoms with van der Waals surface area (Å²) in [6.07, 6.45) is 8.68. The molecule has 1 aromatic rings. The molecule has 1 aliphatic carbocycles. The number of carbonyl (C=O) groups excluding carboxylic acids is 2. The van der Waals surface area contributed by atoms with Gasteiger partial charge in [0, 0.05) is 13.0 Å². The Morgan fingerprint density at radius 3 is 2.66 bits per heavy atom. The Morgan fingerprint density at radius 1 is 1.20 bits per heavy atom. The van der Waals surface area contributed by atoms with Gasteiger partial charge >= 0.3 is 0 Å². The van der Waals surface area contributed by atoms with Crippen LogP contribution in [0.3, 0.4) is 0 Å². The summed E-state index contributed by atoms with van der Waals surface area (Å²) < 4.78 is 12.4. The first-order chi connectivity index (χ1) is 16.8. The van der Waals surface area contributed by atoms with E-state index < -0.39 is 0 Å². The number of nitrogens with zero attached hydrogens (tertiary/aromatic N) is 1. The van der Waals surface area contributed by atoms with Crippen LogP contribution in [0.2, 0.25) is 0 Å². The third-order valence-corrected chi connectivity index (χ3v) is 8.54. The van der Waals surface area contributed by atoms with Crippen molar-refractivity contribution in [2.75, 3.05) is 20.8 Å². The Morgan fingerprint density at radius 2 is 1.97 bits per heavy atom. The van der Waals surface area contributed by atoms with Crippen molar-refractivity contribution in [1.82, 2.24) is 4.90 Å². The minimum atomic E-state index is -0.259. The minimum Gasteiger partial charge on any atom is -0.504 e. The first-order valence-electron chi connectivity index (χ1n) is 12.7. The quantitative estimate of drug-likeness (QED) is 0.226. The second-order valence-corrected chi connectivity index (χ2v) is 11.1. The normalized spacial score (nSPS) is 26.4. The average Bonchev–Trinajstić information content (AvgIpc) is 3.35. The van der Waals surface area contributed by atoms with Gasteiger partial charge in [-0.15, -0.1) is 0 Å². The third kappa shape index (κ3) is 5.03. The molecule has 3 aliphatic rings. The second kappa shape index (κ2) is 11.0. The molecule has 2 amide bonds. The van der Waals surface area contributed by atoms with Crippen LogP contribution < -0.4 is 4.74 Å². The second-order valence-electron chi connectivity index (χ2n) is 9.95. The van der Waals surface area contributed by atoms with Crippen LogP contribution in [-0.4, -0.2) is 48.7 Å². The molecule has 4 atom stereocenters. The molecule has 0 radical (unpaired) electrons. The highest BCUT2D eigenvalue weighted by Gasteiger charge is 2.55. The van der Waals surface area contributed by atoms with Gasteiger partial charge in [0.1, 0.15) is 0 Å². The Bertz CT molecular complexity index is 1060. The number of benzene rings is 1. The number of phenolic OH excluding ortho intramolecular Hbond substituents is 1. The van der Waals surface area contributed by atoms with Crippen LogP contribution in [0.25, 0.3) is 6.08 Å². The van der Waals surface area contributed by atoms with Gasteiger partial charge in [-0.3, -0.25) is 14.5 Å². The van der Waals surface area contributed by atoms with Crippen LogP contribution in [0.15, 0.2) is 28.9 Å². The Labute approximate surface area is 221 Å². The third-order valence-electron chi connectivity index (χ3n) is 7.72. The van der Waals surface area contributed by atoms with Crippen LogP contribution in [0, 0.1) is 21.3 Å². The van der Waals surface area contributed by atoms with Crippen molar-refractivity contribution < 1.29 is 24.2 Å². The van der Waals surface area contributed by atoms with Gasteiger partial charge in [0.25, 0.3) is 0 Å². The molecule has 6 nitrogen and oxygen atoms in total. The Hall–Kier alpha value is -1.87. The molecule has 2 saturated heterocycles. The fourth-order valence-electron chi connectivity index (χ4n) is 6.14. The first kappa shape index (κ1) is 26.2. The predicted octanol–water partition coefficient (Wildman–Crippen LogP) is 5.72. The zero-order valence-electron chi connectivity index (χ0n) is 21.1. The molecule has 7 heteroatoms. The number of rotatable bonds is 9. The zero-order chi connectivity index (χ0) is 25.3. The summed E-state index contributed by atoms with van der Waals surface area (Å²) in [5, 5.41) is 10.2. The van der Waals surface area contributed by atoms with Crippen molar-refractivity contribution in [3.8, 4) is 11.5 Å². The summed E-state index contributed by atoms with van der Waals surface area (Å²) in [7, 11) is 3.19. The molecular formula is C28H36INO5. The average molecular weight is 594 g/mol. The molecule has 1 N–H and O–H groups in total. The summed E-state index contributed by atoms with van der Waals surface area (Å²) in [5.74, 6) is 0.145. The monoisotopic (exact) mass is 593 g/mol. The van der Waals surface area contributed by atoms with E-state index in [2.05, 4.69) is 42.5 Å². The van der Waals surface area contributed by atoms with Gasteiger partial charge in [0.05, 0.1) is 35.2 Å². The van der Waals surface area contributed by atoms with Gasteiger partial charge in [0.15, 0.2) is 11.5 Å². The lowest BCUT2D eigenvalue weighted by atomic mass is 9.68. The molecule has 0 aromatic heterocycles. The molecule has 1 aromatic carbocycles. The largest absolute Gasteiger partial charge is 0.504 e. The van der Waals surface area contributed by atoms with E-state index >= 15 is 0 Å². The molecule has 4 rings (SSSR count). The number of halogens is 1. The Kier molecular flexibility index (Phi) is 8.26. The van der Waals surface area contributed by atoms with Crippen molar-refractivity contribution >= 4 is 40.5 Å². The lowest BCUT2D eigenvalue weighted by Gasteiger charge is -2.32. The fraction of sp³-hybridized carbons (Fsp3) is 0.571. The van der Waals surface area contributed by atoms with Crippen LogP contribution >= 0.6 is 22.6 Å². The van der Waals surface area contributed by atoms with Crippen molar-refractivity contribution in [3.05, 3.63) is 38.0 Å². The summed E-state index contributed by atoms with van der Waals surface area (Å²) in [4.78, 5) is 27.0. The number of hydrogen-bond acceptors (Lipinski definition) is 5. The number of amides is 2. The number of carbonyl (C=O) groups is 2. The molecule has 2 fully saturated rings. The number of methoxy groups -OCH3 is 1. The van der Waals surface area contributed by atoms with Gasteiger partial charge < -0.3 is 14.6 Å². The van der Waals surface area contributed by atoms with E-state index in [-0.39, 0.29) is 41.4 Å². The van der Waals surface area contributed by atoms with E-state index in [4.69, 9.17) is 9.47 Å². The zero-order valence-corrected chi connectivity index (χ0v) is 23.3. The van der Waals surface area contributed by atoms with Crippen LogP contribution in [0.1, 0.15) is 64.4 Å². The number of aromatic hydroxyl groups is 1. The summed E-state index contributed by atoms with van der Waals surface area (Å²) in [6, 6.07) is 3.84. The number of imide groups is 1. The van der Waals surface area contributed by atoms with Gasteiger partial charge in [-0.2, -0.15) is 0 Å². The number of likely N-dealkylation sites (tertiary alicyclic amines) is 1. The van der Waals surface area contributed by atoms with Gasteiger partial charge in [-0.1, -0.05) is 43.9 Å². The lowest BCUT2D eigenvalue weighted by Crippen LogP contribution is -2.34. The van der Waals surface area contributed by atoms with Crippen LogP contribution in [0.4, 0.5) is 0 Å². The summed E-state index contributed by atoms with van der Waals surface area (Å²) >= 11 is 2.13. The Balaban J connectivity index is 1.57. The highest BCUT2D eigenvalue weighted by molar-refractivity contribution is 14.1. The van der Waals surface area contributed by atoms with Gasteiger partial charge in [0.2, 0.25) is 11.8 Å². The van der Waals surface area contributed by atoms with E-state index in [9.17, 15) is 14.7 Å². The number of hydrogen-bond donors (Lipinski definition) is 1.